The SMILES string of the molecule is Fc1cccc(F)c1CN(CC1CCNCC1)C1CC1. The van der Waals surface area contributed by atoms with Crippen LogP contribution in [-0.2, 0) is 6.54 Å². The summed E-state index contributed by atoms with van der Waals surface area (Å²) in [5.41, 5.74) is 0.230. The third kappa shape index (κ3) is 3.36. The van der Waals surface area contributed by atoms with E-state index in [4.69, 9.17) is 0 Å². The van der Waals surface area contributed by atoms with Crippen molar-refractivity contribution in [1.29, 1.82) is 0 Å². The van der Waals surface area contributed by atoms with Crippen molar-refractivity contribution in [3.63, 3.8) is 0 Å². The Morgan fingerprint density at radius 2 is 1.70 bits per heavy atom. The van der Waals surface area contributed by atoms with E-state index >= 15 is 0 Å². The maximum atomic E-state index is 13.8. The summed E-state index contributed by atoms with van der Waals surface area (Å²) in [6, 6.07) is 4.67. The Kier molecular flexibility index (Phi) is 4.32. The molecule has 20 heavy (non-hydrogen) atoms. The van der Waals surface area contributed by atoms with Crippen LogP contribution < -0.4 is 5.32 Å². The number of hydrogen-bond donors (Lipinski definition) is 1. The fraction of sp³-hybridized carbons (Fsp3) is 0.625. The second-order valence-corrected chi connectivity index (χ2v) is 6.05. The molecule has 1 aromatic rings. The normalized spacial score (nSPS) is 20.6. The van der Waals surface area contributed by atoms with Crippen LogP contribution in [0.5, 0.6) is 0 Å². The zero-order valence-electron chi connectivity index (χ0n) is 11.7. The third-order valence-corrected chi connectivity index (χ3v) is 4.44. The van der Waals surface area contributed by atoms with Gasteiger partial charge < -0.3 is 5.32 Å². The summed E-state index contributed by atoms with van der Waals surface area (Å²) in [6.45, 7) is 3.52. The largest absolute Gasteiger partial charge is 0.317 e. The van der Waals surface area contributed by atoms with Crippen LogP contribution in [0, 0.1) is 17.6 Å². The van der Waals surface area contributed by atoms with Crippen LogP contribution >= 0.6 is 0 Å². The lowest BCUT2D eigenvalue weighted by atomic mass is 9.97. The number of nitrogens with zero attached hydrogens (tertiary/aromatic N) is 1. The first-order valence-corrected chi connectivity index (χ1v) is 7.61. The summed E-state index contributed by atoms with van der Waals surface area (Å²) in [5.74, 6) is -0.173. The van der Waals surface area contributed by atoms with Crippen LogP contribution in [0.1, 0.15) is 31.2 Å². The maximum absolute atomic E-state index is 13.8. The predicted molar refractivity (Wildman–Crippen MR) is 75.4 cm³/mol. The van der Waals surface area contributed by atoms with Crippen LogP contribution in [0.15, 0.2) is 18.2 Å². The van der Waals surface area contributed by atoms with Crippen molar-refractivity contribution in [2.24, 2.45) is 5.92 Å². The summed E-state index contributed by atoms with van der Waals surface area (Å²) >= 11 is 0. The van der Waals surface area contributed by atoms with Gasteiger partial charge in [0, 0.05) is 24.7 Å². The van der Waals surface area contributed by atoms with Gasteiger partial charge in [0.1, 0.15) is 11.6 Å². The molecule has 2 nitrogen and oxygen atoms in total. The fourth-order valence-corrected chi connectivity index (χ4v) is 3.06. The van der Waals surface area contributed by atoms with E-state index in [-0.39, 0.29) is 5.56 Å². The predicted octanol–water partition coefficient (Wildman–Crippen LogP) is 2.93. The highest BCUT2D eigenvalue weighted by Gasteiger charge is 2.31. The van der Waals surface area contributed by atoms with Crippen molar-refractivity contribution in [3.05, 3.63) is 35.4 Å². The molecule has 0 aromatic heterocycles. The minimum atomic E-state index is -0.416. The molecule has 0 spiro atoms. The summed E-state index contributed by atoms with van der Waals surface area (Å²) < 4.78 is 27.6. The summed E-state index contributed by atoms with van der Waals surface area (Å²) in [6.07, 6.45) is 4.67. The summed E-state index contributed by atoms with van der Waals surface area (Å²) in [5, 5.41) is 3.36. The first-order chi connectivity index (χ1) is 9.74. The maximum Gasteiger partial charge on any atom is 0.130 e. The van der Waals surface area contributed by atoms with E-state index in [1.807, 2.05) is 0 Å². The molecule has 1 saturated heterocycles. The van der Waals surface area contributed by atoms with Crippen molar-refractivity contribution >= 4 is 0 Å². The second kappa shape index (κ2) is 6.19. The van der Waals surface area contributed by atoms with Gasteiger partial charge >= 0.3 is 0 Å². The van der Waals surface area contributed by atoms with Gasteiger partial charge in [-0.25, -0.2) is 8.78 Å². The van der Waals surface area contributed by atoms with Crippen molar-refractivity contribution in [2.45, 2.75) is 38.3 Å². The van der Waals surface area contributed by atoms with E-state index in [1.54, 1.807) is 0 Å². The average molecular weight is 280 g/mol. The van der Waals surface area contributed by atoms with E-state index < -0.39 is 11.6 Å². The molecule has 1 aliphatic heterocycles. The van der Waals surface area contributed by atoms with Gasteiger partial charge in [0.15, 0.2) is 0 Å². The molecule has 1 aliphatic carbocycles. The van der Waals surface area contributed by atoms with Gasteiger partial charge in [-0.15, -0.1) is 0 Å². The van der Waals surface area contributed by atoms with E-state index in [0.717, 1.165) is 19.6 Å². The van der Waals surface area contributed by atoms with E-state index in [0.29, 0.717) is 18.5 Å². The van der Waals surface area contributed by atoms with Crippen LogP contribution in [0.3, 0.4) is 0 Å². The molecule has 4 heteroatoms. The zero-order valence-corrected chi connectivity index (χ0v) is 11.7. The summed E-state index contributed by atoms with van der Waals surface area (Å²) in [4.78, 5) is 2.29. The highest BCUT2D eigenvalue weighted by atomic mass is 19.1. The summed E-state index contributed by atoms with van der Waals surface area (Å²) in [7, 11) is 0. The van der Waals surface area contributed by atoms with E-state index in [2.05, 4.69) is 10.2 Å². The molecule has 1 aromatic carbocycles. The molecule has 0 amide bonds. The minimum absolute atomic E-state index is 0.230. The van der Waals surface area contributed by atoms with Gasteiger partial charge in [0.05, 0.1) is 0 Å². The smallest absolute Gasteiger partial charge is 0.130 e. The molecule has 110 valence electrons. The second-order valence-electron chi connectivity index (χ2n) is 6.05. The molecular formula is C16H22F2N2. The number of halogens is 2. The van der Waals surface area contributed by atoms with Crippen LogP contribution in [-0.4, -0.2) is 30.6 Å². The van der Waals surface area contributed by atoms with Crippen LogP contribution in [0.2, 0.25) is 0 Å². The van der Waals surface area contributed by atoms with Gasteiger partial charge in [-0.1, -0.05) is 6.07 Å². The van der Waals surface area contributed by atoms with Crippen molar-refractivity contribution in [2.75, 3.05) is 19.6 Å². The number of rotatable bonds is 5. The lowest BCUT2D eigenvalue weighted by molar-refractivity contribution is 0.186. The number of nitrogens with one attached hydrogen (secondary N) is 1. The van der Waals surface area contributed by atoms with Crippen LogP contribution in [0.4, 0.5) is 8.78 Å². The van der Waals surface area contributed by atoms with Gasteiger partial charge in [-0.3, -0.25) is 4.90 Å². The van der Waals surface area contributed by atoms with Crippen molar-refractivity contribution in [1.82, 2.24) is 10.2 Å². The van der Waals surface area contributed by atoms with Gasteiger partial charge in [-0.05, 0) is 56.8 Å². The van der Waals surface area contributed by atoms with Gasteiger partial charge in [0.2, 0.25) is 0 Å². The lowest BCUT2D eigenvalue weighted by Crippen LogP contribution is -2.37. The standard InChI is InChI=1S/C16H22F2N2/c17-15-2-1-3-16(18)14(15)11-20(13-4-5-13)10-12-6-8-19-9-7-12/h1-3,12-13,19H,4-11H2. The number of benzene rings is 1. The topological polar surface area (TPSA) is 15.3 Å². The molecule has 3 rings (SSSR count). The Bertz CT molecular complexity index is 434. The molecule has 2 aliphatic rings. The van der Waals surface area contributed by atoms with Crippen LogP contribution in [0.25, 0.3) is 0 Å². The third-order valence-electron chi connectivity index (χ3n) is 4.44. The molecule has 0 radical (unpaired) electrons. The Labute approximate surface area is 119 Å². The Balaban J connectivity index is 1.68. The van der Waals surface area contributed by atoms with E-state index in [1.165, 1.54) is 43.9 Å². The number of piperidine rings is 1. The Morgan fingerprint density at radius 3 is 2.30 bits per heavy atom. The van der Waals surface area contributed by atoms with Crippen molar-refractivity contribution in [3.8, 4) is 0 Å². The van der Waals surface area contributed by atoms with Gasteiger partial charge in [0.25, 0.3) is 0 Å². The monoisotopic (exact) mass is 280 g/mol. The first-order valence-electron chi connectivity index (χ1n) is 7.61. The van der Waals surface area contributed by atoms with Gasteiger partial charge in [-0.2, -0.15) is 0 Å². The van der Waals surface area contributed by atoms with E-state index in [9.17, 15) is 8.78 Å². The number of hydrogen-bond acceptors (Lipinski definition) is 2. The first kappa shape index (κ1) is 14.0. The molecule has 1 saturated carbocycles. The zero-order chi connectivity index (χ0) is 13.9. The Morgan fingerprint density at radius 1 is 1.05 bits per heavy atom. The quantitative estimate of drug-likeness (QED) is 0.892. The molecule has 0 atom stereocenters. The molecular weight excluding hydrogens is 258 g/mol. The highest BCUT2D eigenvalue weighted by molar-refractivity contribution is 5.20. The molecule has 1 heterocycles. The molecule has 0 bridgehead atoms. The molecule has 2 fully saturated rings. The average Bonchev–Trinajstić information content (AvgIpc) is 3.27. The van der Waals surface area contributed by atoms with Crippen molar-refractivity contribution < 1.29 is 8.78 Å². The fourth-order valence-electron chi connectivity index (χ4n) is 3.06. The molecule has 0 unspecified atom stereocenters. The minimum Gasteiger partial charge on any atom is -0.317 e. The highest BCUT2D eigenvalue weighted by Crippen LogP contribution is 2.31. The Hall–Kier alpha value is -1.00. The molecule has 1 N–H and O–H groups in total. The lowest BCUT2D eigenvalue weighted by Gasteiger charge is -2.30.